The second kappa shape index (κ2) is 8.16. The molecule has 22 heavy (non-hydrogen) atoms. The summed E-state index contributed by atoms with van der Waals surface area (Å²) in [6.45, 7) is 3.67. The minimum Gasteiger partial charge on any atom is -0.350 e. The quantitative estimate of drug-likeness (QED) is 0.767. The summed E-state index contributed by atoms with van der Waals surface area (Å²) in [5, 5.41) is 6.08. The highest BCUT2D eigenvalue weighted by molar-refractivity contribution is 5.87. The van der Waals surface area contributed by atoms with Crippen molar-refractivity contribution in [2.24, 2.45) is 11.8 Å². The number of allylic oxidation sites excluding steroid dienone is 2. The molecule has 0 aromatic carbocycles. The molecule has 0 spiro atoms. The Morgan fingerprint density at radius 2 is 1.27 bits per heavy atom. The first-order valence-corrected chi connectivity index (χ1v) is 8.52. The van der Waals surface area contributed by atoms with Crippen molar-refractivity contribution in [3.8, 4) is 0 Å². The lowest BCUT2D eigenvalue weighted by Crippen LogP contribution is -2.45. The van der Waals surface area contributed by atoms with Crippen LogP contribution in [0.5, 0.6) is 0 Å². The van der Waals surface area contributed by atoms with Crippen molar-refractivity contribution in [3.63, 3.8) is 0 Å². The fourth-order valence-corrected chi connectivity index (χ4v) is 2.95. The fraction of sp³-hybridized carbons (Fsp3) is 0.667. The highest BCUT2D eigenvalue weighted by atomic mass is 16.2. The van der Waals surface area contributed by atoms with E-state index >= 15 is 0 Å². The predicted molar refractivity (Wildman–Crippen MR) is 88.2 cm³/mol. The van der Waals surface area contributed by atoms with Gasteiger partial charge in [0.25, 0.3) is 0 Å². The first-order chi connectivity index (χ1) is 10.6. The van der Waals surface area contributed by atoms with E-state index in [0.717, 1.165) is 38.5 Å². The molecule has 122 valence electrons. The lowest BCUT2D eigenvalue weighted by molar-refractivity contribution is -0.134. The van der Waals surface area contributed by atoms with Crippen LogP contribution in [-0.4, -0.2) is 23.9 Å². The van der Waals surface area contributed by atoms with Gasteiger partial charge in [0, 0.05) is 23.9 Å². The number of carbonyl (C=O) groups excluding carboxylic acids is 2. The van der Waals surface area contributed by atoms with Crippen molar-refractivity contribution in [3.05, 3.63) is 24.3 Å². The van der Waals surface area contributed by atoms with Crippen LogP contribution in [0.4, 0.5) is 0 Å². The van der Waals surface area contributed by atoms with Crippen LogP contribution in [0.25, 0.3) is 0 Å². The Kier molecular flexibility index (Phi) is 6.22. The largest absolute Gasteiger partial charge is 0.350 e. The van der Waals surface area contributed by atoms with Crippen LogP contribution in [0.2, 0.25) is 0 Å². The highest BCUT2D eigenvalue weighted by Crippen LogP contribution is 2.16. The van der Waals surface area contributed by atoms with Crippen LogP contribution in [0.1, 0.15) is 52.4 Å². The summed E-state index contributed by atoms with van der Waals surface area (Å²) in [5.41, 5.74) is 0. The summed E-state index contributed by atoms with van der Waals surface area (Å²) in [5.74, 6) is -0.692. The molecule has 0 fully saturated rings. The normalized spacial score (nSPS) is 27.0. The van der Waals surface area contributed by atoms with Gasteiger partial charge in [0.1, 0.15) is 0 Å². The molecule has 0 aliphatic heterocycles. The second-order valence-corrected chi connectivity index (χ2v) is 6.53. The zero-order valence-corrected chi connectivity index (χ0v) is 13.7. The van der Waals surface area contributed by atoms with Crippen LogP contribution in [-0.2, 0) is 9.59 Å². The van der Waals surface area contributed by atoms with Crippen LogP contribution in [0.3, 0.4) is 0 Å². The van der Waals surface area contributed by atoms with Gasteiger partial charge >= 0.3 is 0 Å². The van der Waals surface area contributed by atoms with Crippen molar-refractivity contribution < 1.29 is 9.59 Å². The number of hydrogen-bond acceptors (Lipinski definition) is 2. The van der Waals surface area contributed by atoms with E-state index in [1.54, 1.807) is 0 Å². The topological polar surface area (TPSA) is 58.2 Å². The zero-order valence-electron chi connectivity index (χ0n) is 13.7. The van der Waals surface area contributed by atoms with Crippen LogP contribution in [0, 0.1) is 11.8 Å². The van der Waals surface area contributed by atoms with Crippen LogP contribution < -0.4 is 10.6 Å². The molecule has 2 aliphatic rings. The third kappa shape index (κ3) is 4.72. The van der Waals surface area contributed by atoms with E-state index in [1.807, 2.05) is 13.8 Å². The first kappa shape index (κ1) is 16.8. The molecule has 0 heterocycles. The molecular weight excluding hydrogens is 276 g/mol. The standard InChI is InChI=1S/C18H28N2O2/c1-13(17(21)19-15-9-5-3-6-10-15)14(2)18(22)20-16-11-7-4-8-12-16/h5,7,9,11,13-16H,3-4,6,8,10,12H2,1-2H3,(H,19,21)(H,20,22). The molecule has 0 radical (unpaired) electrons. The summed E-state index contributed by atoms with van der Waals surface area (Å²) >= 11 is 0. The van der Waals surface area contributed by atoms with Gasteiger partial charge in [-0.15, -0.1) is 0 Å². The maximum atomic E-state index is 12.3. The van der Waals surface area contributed by atoms with E-state index in [9.17, 15) is 9.59 Å². The fourth-order valence-electron chi connectivity index (χ4n) is 2.95. The lowest BCUT2D eigenvalue weighted by atomic mass is 9.92. The maximum absolute atomic E-state index is 12.3. The van der Waals surface area contributed by atoms with Gasteiger partial charge < -0.3 is 10.6 Å². The summed E-state index contributed by atoms with van der Waals surface area (Å²) in [6, 6.07) is 0.250. The van der Waals surface area contributed by atoms with E-state index in [2.05, 4.69) is 34.9 Å². The Bertz CT molecular complexity index is 414. The van der Waals surface area contributed by atoms with Gasteiger partial charge in [0.15, 0.2) is 0 Å². The van der Waals surface area contributed by atoms with Gasteiger partial charge in [-0.05, 0) is 38.5 Å². The summed E-state index contributed by atoms with van der Waals surface area (Å²) < 4.78 is 0. The monoisotopic (exact) mass is 304 g/mol. The number of rotatable bonds is 5. The van der Waals surface area contributed by atoms with Gasteiger partial charge in [-0.3, -0.25) is 9.59 Å². The van der Waals surface area contributed by atoms with Crippen LogP contribution in [0.15, 0.2) is 24.3 Å². The molecule has 0 aromatic heterocycles. The molecule has 4 atom stereocenters. The molecule has 2 aliphatic carbocycles. The van der Waals surface area contributed by atoms with E-state index in [1.165, 1.54) is 0 Å². The number of carbonyl (C=O) groups is 2. The molecule has 2 amide bonds. The Labute approximate surface area is 133 Å². The highest BCUT2D eigenvalue weighted by Gasteiger charge is 2.28. The maximum Gasteiger partial charge on any atom is 0.224 e. The molecule has 4 nitrogen and oxygen atoms in total. The van der Waals surface area contributed by atoms with E-state index in [0.29, 0.717) is 0 Å². The van der Waals surface area contributed by atoms with Crippen molar-refractivity contribution >= 4 is 11.8 Å². The molecule has 0 aromatic rings. The molecular formula is C18H28N2O2. The molecule has 4 heteroatoms. The van der Waals surface area contributed by atoms with Gasteiger partial charge in [0.05, 0.1) is 0 Å². The van der Waals surface area contributed by atoms with Gasteiger partial charge in [-0.25, -0.2) is 0 Å². The first-order valence-electron chi connectivity index (χ1n) is 8.52. The van der Waals surface area contributed by atoms with Crippen molar-refractivity contribution in [2.45, 2.75) is 64.5 Å². The molecule has 4 unspecified atom stereocenters. The minimum atomic E-state index is -0.317. The Hall–Kier alpha value is -1.58. The number of nitrogens with one attached hydrogen (secondary N) is 2. The van der Waals surface area contributed by atoms with Crippen molar-refractivity contribution in [1.29, 1.82) is 0 Å². The van der Waals surface area contributed by atoms with Gasteiger partial charge in [-0.2, -0.15) is 0 Å². The Balaban J connectivity index is 1.82. The average molecular weight is 304 g/mol. The second-order valence-electron chi connectivity index (χ2n) is 6.53. The van der Waals surface area contributed by atoms with E-state index < -0.39 is 0 Å². The molecule has 0 bridgehead atoms. The minimum absolute atomic E-state index is 0.0293. The van der Waals surface area contributed by atoms with Gasteiger partial charge in [-0.1, -0.05) is 38.2 Å². The smallest absolute Gasteiger partial charge is 0.224 e. The van der Waals surface area contributed by atoms with Crippen LogP contribution >= 0.6 is 0 Å². The summed E-state index contributed by atoms with van der Waals surface area (Å²) in [4.78, 5) is 24.6. The molecule has 2 rings (SSSR count). The Morgan fingerprint density at radius 3 is 1.59 bits per heavy atom. The number of hydrogen-bond donors (Lipinski definition) is 2. The third-order valence-corrected chi connectivity index (χ3v) is 4.74. The van der Waals surface area contributed by atoms with E-state index in [-0.39, 0.29) is 35.7 Å². The summed E-state index contributed by atoms with van der Waals surface area (Å²) in [6.07, 6.45) is 14.7. The molecule has 2 N–H and O–H groups in total. The molecule has 0 saturated heterocycles. The predicted octanol–water partition coefficient (Wildman–Crippen LogP) is 2.71. The van der Waals surface area contributed by atoms with E-state index in [4.69, 9.17) is 0 Å². The van der Waals surface area contributed by atoms with Crippen molar-refractivity contribution in [2.75, 3.05) is 0 Å². The number of amides is 2. The zero-order chi connectivity index (χ0) is 15.9. The van der Waals surface area contributed by atoms with Gasteiger partial charge in [0.2, 0.25) is 11.8 Å². The molecule has 0 saturated carbocycles. The third-order valence-electron chi connectivity index (χ3n) is 4.74. The van der Waals surface area contributed by atoms with Crippen molar-refractivity contribution in [1.82, 2.24) is 10.6 Å². The Morgan fingerprint density at radius 1 is 0.864 bits per heavy atom. The average Bonchev–Trinajstić information content (AvgIpc) is 2.55. The SMILES string of the molecule is CC(C(=O)NC1C=CCCC1)C(C)C(=O)NC1C=CCCC1. The summed E-state index contributed by atoms with van der Waals surface area (Å²) in [7, 11) is 0. The lowest BCUT2D eigenvalue weighted by Gasteiger charge is -2.25.